The standard InChI is InChI=1S/C21H32N2O2/c1-4-5-12-21(16(15-24)10-13-23(2)3)20-18(11-14-25-21)17-8-6-7-9-19(17)22-20/h6-9,16,22,24H,4-5,10-15H2,1-3H3. The summed E-state index contributed by atoms with van der Waals surface area (Å²) < 4.78 is 6.50. The van der Waals surface area contributed by atoms with Crippen LogP contribution in [0.4, 0.5) is 0 Å². The summed E-state index contributed by atoms with van der Waals surface area (Å²) in [5.74, 6) is 0.105. The third-order valence-corrected chi connectivity index (χ3v) is 5.65. The Morgan fingerprint density at radius 2 is 2.12 bits per heavy atom. The van der Waals surface area contributed by atoms with Crippen LogP contribution in [0.25, 0.3) is 10.9 Å². The van der Waals surface area contributed by atoms with E-state index in [1.54, 1.807) is 0 Å². The number of aliphatic hydroxyl groups is 1. The van der Waals surface area contributed by atoms with Crippen molar-refractivity contribution >= 4 is 10.9 Å². The number of ether oxygens (including phenoxy) is 1. The maximum atomic E-state index is 10.2. The molecule has 0 saturated heterocycles. The van der Waals surface area contributed by atoms with Crippen molar-refractivity contribution in [2.24, 2.45) is 5.92 Å². The number of hydrogen-bond donors (Lipinski definition) is 2. The van der Waals surface area contributed by atoms with Crippen molar-refractivity contribution in [3.63, 3.8) is 0 Å². The van der Waals surface area contributed by atoms with Crippen molar-refractivity contribution in [3.05, 3.63) is 35.5 Å². The third-order valence-electron chi connectivity index (χ3n) is 5.65. The molecule has 25 heavy (non-hydrogen) atoms. The van der Waals surface area contributed by atoms with Gasteiger partial charge in [0.15, 0.2) is 0 Å². The number of nitrogens with zero attached hydrogens (tertiary/aromatic N) is 1. The molecule has 0 fully saturated rings. The summed E-state index contributed by atoms with van der Waals surface area (Å²) in [7, 11) is 4.17. The Hall–Kier alpha value is -1.36. The summed E-state index contributed by atoms with van der Waals surface area (Å²) in [5, 5.41) is 11.6. The zero-order chi connectivity index (χ0) is 17.9. The van der Waals surface area contributed by atoms with Gasteiger partial charge in [-0.1, -0.05) is 38.0 Å². The third kappa shape index (κ3) is 3.48. The summed E-state index contributed by atoms with van der Waals surface area (Å²) in [4.78, 5) is 5.85. The van der Waals surface area contributed by atoms with Gasteiger partial charge in [-0.15, -0.1) is 0 Å². The molecular weight excluding hydrogens is 312 g/mol. The molecule has 0 saturated carbocycles. The highest BCUT2D eigenvalue weighted by Gasteiger charge is 2.45. The van der Waals surface area contributed by atoms with Gasteiger partial charge in [0, 0.05) is 23.4 Å². The molecule has 2 atom stereocenters. The molecule has 3 rings (SSSR count). The molecule has 2 aromatic rings. The van der Waals surface area contributed by atoms with E-state index in [0.717, 1.165) is 45.3 Å². The Balaban J connectivity index is 2.06. The largest absolute Gasteiger partial charge is 0.396 e. The van der Waals surface area contributed by atoms with Crippen LogP contribution >= 0.6 is 0 Å². The Kier molecular flexibility index (Phi) is 5.82. The summed E-state index contributed by atoms with van der Waals surface area (Å²) in [6.45, 7) is 4.07. The predicted molar refractivity (Wildman–Crippen MR) is 103 cm³/mol. The molecule has 4 nitrogen and oxygen atoms in total. The van der Waals surface area contributed by atoms with Crippen LogP contribution in [0.3, 0.4) is 0 Å². The van der Waals surface area contributed by atoms with Crippen molar-refractivity contribution < 1.29 is 9.84 Å². The average molecular weight is 344 g/mol. The number of rotatable bonds is 8. The number of hydrogen-bond acceptors (Lipinski definition) is 3. The molecule has 138 valence electrons. The van der Waals surface area contributed by atoms with Gasteiger partial charge in [-0.05, 0) is 51.5 Å². The number of aliphatic hydroxyl groups excluding tert-OH is 1. The minimum absolute atomic E-state index is 0.105. The smallest absolute Gasteiger partial charge is 0.113 e. The SMILES string of the molecule is CCCCC1(C(CO)CCN(C)C)OCCc2c1[nH]c1ccccc21. The monoisotopic (exact) mass is 344 g/mol. The number of fused-ring (bicyclic) bond motifs is 3. The molecule has 1 aromatic carbocycles. The Morgan fingerprint density at radius 3 is 2.84 bits per heavy atom. The zero-order valence-electron chi connectivity index (χ0n) is 15.8. The number of aromatic nitrogens is 1. The molecule has 0 aliphatic carbocycles. The summed E-state index contributed by atoms with van der Waals surface area (Å²) >= 11 is 0. The van der Waals surface area contributed by atoms with Crippen molar-refractivity contribution in [1.29, 1.82) is 0 Å². The molecule has 2 unspecified atom stereocenters. The van der Waals surface area contributed by atoms with Crippen LogP contribution in [-0.2, 0) is 16.8 Å². The van der Waals surface area contributed by atoms with Gasteiger partial charge in [0.2, 0.25) is 0 Å². The van der Waals surface area contributed by atoms with Gasteiger partial charge >= 0.3 is 0 Å². The van der Waals surface area contributed by atoms with Gasteiger partial charge in [-0.2, -0.15) is 0 Å². The van der Waals surface area contributed by atoms with Crippen LogP contribution in [0.5, 0.6) is 0 Å². The normalized spacial score (nSPS) is 21.6. The van der Waals surface area contributed by atoms with Gasteiger partial charge in [0.05, 0.1) is 12.3 Å². The predicted octanol–water partition coefficient (Wildman–Crippen LogP) is 3.69. The van der Waals surface area contributed by atoms with E-state index in [-0.39, 0.29) is 12.5 Å². The minimum atomic E-state index is -0.395. The fourth-order valence-corrected chi connectivity index (χ4v) is 4.28. The topological polar surface area (TPSA) is 48.5 Å². The number of unbranched alkanes of at least 4 members (excludes halogenated alkanes) is 1. The lowest BCUT2D eigenvalue weighted by molar-refractivity contribution is -0.126. The van der Waals surface area contributed by atoms with E-state index >= 15 is 0 Å². The minimum Gasteiger partial charge on any atom is -0.396 e. The van der Waals surface area contributed by atoms with Gasteiger partial charge in [-0.25, -0.2) is 0 Å². The van der Waals surface area contributed by atoms with Gasteiger partial charge < -0.3 is 19.7 Å². The van der Waals surface area contributed by atoms with E-state index in [1.807, 2.05) is 0 Å². The van der Waals surface area contributed by atoms with Gasteiger partial charge in [0.1, 0.15) is 5.60 Å². The maximum absolute atomic E-state index is 10.2. The number of benzene rings is 1. The molecular formula is C21H32N2O2. The summed E-state index contributed by atoms with van der Waals surface area (Å²) in [5.41, 5.74) is 3.39. The van der Waals surface area contributed by atoms with E-state index in [4.69, 9.17) is 4.74 Å². The Labute approximate surface area is 151 Å². The van der Waals surface area contributed by atoms with Crippen LogP contribution in [0.2, 0.25) is 0 Å². The van der Waals surface area contributed by atoms with Crippen molar-refractivity contribution in [3.8, 4) is 0 Å². The Morgan fingerprint density at radius 1 is 1.32 bits per heavy atom. The van der Waals surface area contributed by atoms with E-state index in [9.17, 15) is 5.11 Å². The Bertz CT molecular complexity index is 694. The second kappa shape index (κ2) is 7.90. The van der Waals surface area contributed by atoms with Crippen LogP contribution in [0, 0.1) is 5.92 Å². The molecule has 1 aromatic heterocycles. The van der Waals surface area contributed by atoms with Crippen molar-refractivity contribution in [2.75, 3.05) is 33.9 Å². The molecule has 1 aliphatic heterocycles. The molecule has 0 spiro atoms. The second-order valence-corrected chi connectivity index (χ2v) is 7.59. The van der Waals surface area contributed by atoms with Crippen LogP contribution < -0.4 is 0 Å². The number of para-hydroxylation sites is 1. The highest BCUT2D eigenvalue weighted by atomic mass is 16.5. The van der Waals surface area contributed by atoms with Gasteiger partial charge in [-0.3, -0.25) is 0 Å². The first-order valence-corrected chi connectivity index (χ1v) is 9.62. The van der Waals surface area contributed by atoms with Crippen LogP contribution in [0.1, 0.15) is 43.9 Å². The lowest BCUT2D eigenvalue weighted by atomic mass is 9.75. The molecule has 1 aliphatic rings. The van der Waals surface area contributed by atoms with E-state index in [0.29, 0.717) is 0 Å². The van der Waals surface area contributed by atoms with E-state index in [1.165, 1.54) is 22.2 Å². The first kappa shape index (κ1) is 18.4. The number of aromatic amines is 1. The van der Waals surface area contributed by atoms with Gasteiger partial charge in [0.25, 0.3) is 0 Å². The summed E-state index contributed by atoms with van der Waals surface area (Å²) in [6.07, 6.45) is 5.07. The number of H-pyrrole nitrogens is 1. The van der Waals surface area contributed by atoms with Crippen LogP contribution in [-0.4, -0.2) is 48.8 Å². The molecule has 0 bridgehead atoms. The highest BCUT2D eigenvalue weighted by Crippen LogP contribution is 2.46. The molecule has 2 N–H and O–H groups in total. The molecule has 0 radical (unpaired) electrons. The lowest BCUT2D eigenvalue weighted by Gasteiger charge is -2.43. The molecule has 0 amide bonds. The quantitative estimate of drug-likeness (QED) is 0.768. The lowest BCUT2D eigenvalue weighted by Crippen LogP contribution is -2.45. The second-order valence-electron chi connectivity index (χ2n) is 7.59. The summed E-state index contributed by atoms with van der Waals surface area (Å²) in [6, 6.07) is 8.53. The molecule has 2 heterocycles. The number of nitrogens with one attached hydrogen (secondary N) is 1. The highest BCUT2D eigenvalue weighted by molar-refractivity contribution is 5.85. The van der Waals surface area contributed by atoms with E-state index < -0.39 is 5.60 Å². The maximum Gasteiger partial charge on any atom is 0.113 e. The first-order valence-electron chi connectivity index (χ1n) is 9.62. The van der Waals surface area contributed by atoms with Crippen LogP contribution in [0.15, 0.2) is 24.3 Å². The first-order chi connectivity index (χ1) is 12.1. The van der Waals surface area contributed by atoms with Crippen molar-refractivity contribution in [2.45, 2.75) is 44.6 Å². The molecule has 4 heteroatoms. The fourth-order valence-electron chi connectivity index (χ4n) is 4.28. The average Bonchev–Trinajstić information content (AvgIpc) is 3.00. The van der Waals surface area contributed by atoms with E-state index in [2.05, 4.69) is 55.2 Å². The fraction of sp³-hybridized carbons (Fsp3) is 0.619. The zero-order valence-corrected chi connectivity index (χ0v) is 15.8. The van der Waals surface area contributed by atoms with Crippen molar-refractivity contribution in [1.82, 2.24) is 9.88 Å².